The maximum absolute atomic E-state index is 12.7. The summed E-state index contributed by atoms with van der Waals surface area (Å²) in [5.41, 5.74) is 3.75. The number of rotatable bonds is 8. The number of ether oxygens (including phenoxy) is 2. The highest BCUT2D eigenvalue weighted by Gasteiger charge is 2.46. The summed E-state index contributed by atoms with van der Waals surface area (Å²) in [6.45, 7) is 2.55. The molecule has 1 fully saturated rings. The molecule has 4 rings (SSSR count). The molecule has 0 aliphatic carbocycles. The molecule has 2 aromatic rings. The van der Waals surface area contributed by atoms with E-state index >= 15 is 0 Å². The van der Waals surface area contributed by atoms with E-state index in [0.717, 1.165) is 35.3 Å². The second kappa shape index (κ2) is 9.69. The average Bonchev–Trinajstić information content (AvgIpc) is 3.31. The molecule has 0 aromatic heterocycles. The number of fused-ring (bicyclic) bond motifs is 1. The van der Waals surface area contributed by atoms with Gasteiger partial charge in [-0.15, -0.1) is 0 Å². The van der Waals surface area contributed by atoms with E-state index in [1.165, 1.54) is 11.6 Å². The zero-order valence-corrected chi connectivity index (χ0v) is 19.5. The summed E-state index contributed by atoms with van der Waals surface area (Å²) in [5, 5.41) is 9.51. The van der Waals surface area contributed by atoms with Crippen molar-refractivity contribution in [2.75, 3.05) is 19.0 Å². The fourth-order valence-electron chi connectivity index (χ4n) is 4.34. The van der Waals surface area contributed by atoms with Crippen molar-refractivity contribution in [1.29, 1.82) is 0 Å². The number of allylic oxidation sites excluding steroid dienone is 1. The molecule has 0 unspecified atom stereocenters. The van der Waals surface area contributed by atoms with Crippen LogP contribution in [0.25, 0.3) is 6.08 Å². The van der Waals surface area contributed by atoms with E-state index in [2.05, 4.69) is 6.92 Å². The van der Waals surface area contributed by atoms with Crippen LogP contribution >= 0.6 is 11.6 Å². The summed E-state index contributed by atoms with van der Waals surface area (Å²) in [7, 11) is -3.25. The van der Waals surface area contributed by atoms with Crippen LogP contribution in [0.5, 0.6) is 11.5 Å². The van der Waals surface area contributed by atoms with Crippen LogP contribution in [-0.4, -0.2) is 43.8 Å². The van der Waals surface area contributed by atoms with Gasteiger partial charge in [0, 0.05) is 0 Å². The fraction of sp³-hybridized carbons (Fsp3) is 0.360. The first kappa shape index (κ1) is 22.9. The molecular formula is C25H27ClO5S. The Balaban J connectivity index is 1.49. The van der Waals surface area contributed by atoms with Gasteiger partial charge in [0.15, 0.2) is 9.84 Å². The van der Waals surface area contributed by atoms with Crippen LogP contribution in [-0.2, 0) is 14.6 Å². The highest BCUT2D eigenvalue weighted by atomic mass is 35.5. The summed E-state index contributed by atoms with van der Waals surface area (Å²) < 4.78 is 37.2. The molecule has 1 saturated heterocycles. The minimum absolute atomic E-state index is 0.0410. The molecule has 2 heterocycles. The lowest BCUT2D eigenvalue weighted by molar-refractivity contribution is 0.117. The Morgan fingerprint density at radius 3 is 2.75 bits per heavy atom. The Bertz CT molecular complexity index is 1140. The summed E-state index contributed by atoms with van der Waals surface area (Å²) in [5.74, 6) is 0.897. The Kier molecular flexibility index (Phi) is 6.93. The Hall–Kier alpha value is -2.28. The van der Waals surface area contributed by atoms with Crippen molar-refractivity contribution in [2.24, 2.45) is 0 Å². The maximum atomic E-state index is 12.7. The van der Waals surface area contributed by atoms with E-state index in [1.807, 2.05) is 36.4 Å². The zero-order valence-electron chi connectivity index (χ0n) is 18.0. The lowest BCUT2D eigenvalue weighted by Crippen LogP contribution is -2.19. The number of halogens is 1. The molecule has 170 valence electrons. The maximum Gasteiger partial charge on any atom is 0.163 e. The summed E-state index contributed by atoms with van der Waals surface area (Å²) >= 11 is 6.25. The second-order valence-electron chi connectivity index (χ2n) is 8.18. The summed E-state index contributed by atoms with van der Waals surface area (Å²) in [4.78, 5) is 0. The van der Waals surface area contributed by atoms with E-state index in [0.29, 0.717) is 11.4 Å². The number of hydrogen-bond donors (Lipinski definition) is 1. The Morgan fingerprint density at radius 2 is 2.03 bits per heavy atom. The van der Waals surface area contributed by atoms with Gasteiger partial charge in [-0.2, -0.15) is 0 Å². The summed E-state index contributed by atoms with van der Waals surface area (Å²) in [6, 6.07) is 14.4. The fourth-order valence-corrected chi connectivity index (χ4v) is 6.50. The van der Waals surface area contributed by atoms with Crippen LogP contribution < -0.4 is 4.74 Å². The minimum Gasteiger partial charge on any atom is -0.508 e. The molecule has 32 heavy (non-hydrogen) atoms. The van der Waals surface area contributed by atoms with Gasteiger partial charge in [-0.3, -0.25) is 0 Å². The van der Waals surface area contributed by atoms with Crippen LogP contribution in [0.1, 0.15) is 31.7 Å². The molecule has 2 aliphatic rings. The smallest absolute Gasteiger partial charge is 0.163 e. The average molecular weight is 475 g/mol. The van der Waals surface area contributed by atoms with Crippen molar-refractivity contribution in [1.82, 2.24) is 0 Å². The molecule has 0 bridgehead atoms. The van der Waals surface area contributed by atoms with Crippen molar-refractivity contribution in [3.8, 4) is 11.5 Å². The topological polar surface area (TPSA) is 72.8 Å². The van der Waals surface area contributed by atoms with E-state index in [1.54, 1.807) is 12.1 Å². The number of sulfone groups is 1. The predicted octanol–water partition coefficient (Wildman–Crippen LogP) is 5.19. The molecule has 7 heteroatoms. The number of benzene rings is 2. The molecule has 1 N–H and O–H groups in total. The van der Waals surface area contributed by atoms with Crippen molar-refractivity contribution in [2.45, 2.75) is 37.5 Å². The highest BCUT2D eigenvalue weighted by Crippen LogP contribution is 2.39. The number of phenolic OH excluding ortho intramolecular Hbond substituents is 1. The van der Waals surface area contributed by atoms with Gasteiger partial charge in [-0.1, -0.05) is 48.4 Å². The van der Waals surface area contributed by atoms with Gasteiger partial charge in [0.2, 0.25) is 0 Å². The third-order valence-corrected chi connectivity index (χ3v) is 8.38. The molecular weight excluding hydrogens is 448 g/mol. The quantitative estimate of drug-likeness (QED) is 0.533. The third-order valence-electron chi connectivity index (χ3n) is 6.04. The number of para-hydroxylation sites is 1. The first-order valence-electron chi connectivity index (χ1n) is 10.8. The zero-order chi connectivity index (χ0) is 22.7. The third kappa shape index (κ3) is 5.03. The van der Waals surface area contributed by atoms with Crippen molar-refractivity contribution in [3.05, 3.63) is 75.8 Å². The highest BCUT2D eigenvalue weighted by molar-refractivity contribution is 7.92. The lowest BCUT2D eigenvalue weighted by Gasteiger charge is -2.15. The molecule has 0 spiro atoms. The number of hydrogen-bond acceptors (Lipinski definition) is 5. The van der Waals surface area contributed by atoms with Gasteiger partial charge >= 0.3 is 0 Å². The number of phenols is 1. The molecule has 0 amide bonds. The van der Waals surface area contributed by atoms with Crippen molar-refractivity contribution in [3.63, 3.8) is 0 Å². The Morgan fingerprint density at radius 1 is 1.25 bits per heavy atom. The second-order valence-corrected chi connectivity index (χ2v) is 10.8. The largest absolute Gasteiger partial charge is 0.508 e. The molecule has 0 saturated carbocycles. The molecule has 2 atom stereocenters. The summed E-state index contributed by atoms with van der Waals surface area (Å²) in [6.07, 6.45) is 4.12. The van der Waals surface area contributed by atoms with E-state index in [4.69, 9.17) is 21.1 Å². The van der Waals surface area contributed by atoms with E-state index in [-0.39, 0.29) is 30.8 Å². The minimum atomic E-state index is -3.25. The van der Waals surface area contributed by atoms with E-state index in [9.17, 15) is 13.5 Å². The van der Waals surface area contributed by atoms with Crippen LogP contribution in [0.15, 0.2) is 65.3 Å². The lowest BCUT2D eigenvalue weighted by atomic mass is 9.96. The van der Waals surface area contributed by atoms with Crippen molar-refractivity contribution >= 4 is 27.5 Å². The first-order valence-corrected chi connectivity index (χ1v) is 12.9. The van der Waals surface area contributed by atoms with Crippen LogP contribution in [0.2, 0.25) is 5.02 Å². The SMILES string of the molecule is CC/C(=C\c1ccc(O)cc1Cl)CC[C@H]1OC[C@H]2C1=C(COc1ccccc1)CS2(=O)=O. The molecule has 2 aromatic carbocycles. The molecule has 0 radical (unpaired) electrons. The molecule has 5 nitrogen and oxygen atoms in total. The normalized spacial score (nSPS) is 22.2. The first-order chi connectivity index (χ1) is 15.4. The van der Waals surface area contributed by atoms with Gasteiger partial charge in [0.25, 0.3) is 0 Å². The standard InChI is InChI=1S/C25H27ClO5S/c1-2-17(12-18-9-10-20(27)13-22(18)26)8-11-23-25-19(14-30-21-6-4-3-5-7-21)16-32(28,29)24(25)15-31-23/h3-7,9-10,12-13,23-24,27H,2,8,11,14-16H2,1H3/b17-12+/t23-,24+/m1/s1. The van der Waals surface area contributed by atoms with Gasteiger partial charge < -0.3 is 14.6 Å². The Labute approximate surface area is 194 Å². The molecule has 2 aliphatic heterocycles. The van der Waals surface area contributed by atoms with Crippen LogP contribution in [0, 0.1) is 0 Å². The van der Waals surface area contributed by atoms with Gasteiger partial charge in [-0.25, -0.2) is 8.42 Å². The van der Waals surface area contributed by atoms with Gasteiger partial charge in [0.1, 0.15) is 23.4 Å². The monoisotopic (exact) mass is 474 g/mol. The van der Waals surface area contributed by atoms with Crippen molar-refractivity contribution < 1.29 is 23.0 Å². The van der Waals surface area contributed by atoms with Crippen LogP contribution in [0.3, 0.4) is 0 Å². The van der Waals surface area contributed by atoms with Gasteiger partial charge in [0.05, 0.1) is 23.5 Å². The predicted molar refractivity (Wildman–Crippen MR) is 127 cm³/mol. The van der Waals surface area contributed by atoms with Gasteiger partial charge in [-0.05, 0) is 66.3 Å². The van der Waals surface area contributed by atoms with Crippen LogP contribution in [0.4, 0.5) is 0 Å². The number of aromatic hydroxyl groups is 1. The van der Waals surface area contributed by atoms with E-state index < -0.39 is 15.1 Å².